The van der Waals surface area contributed by atoms with Crippen LogP contribution in [0.15, 0.2) is 35.5 Å². The summed E-state index contributed by atoms with van der Waals surface area (Å²) in [7, 11) is -0.227. The monoisotopic (exact) mass is 335 g/mol. The molecule has 0 unspecified atom stereocenters. The largest absolute Gasteiger partial charge is 0.274 e. The molecule has 1 aromatic carbocycles. The third-order valence-electron chi connectivity index (χ3n) is 3.74. The molecule has 0 bridgehead atoms. The lowest BCUT2D eigenvalue weighted by atomic mass is 10.0. The summed E-state index contributed by atoms with van der Waals surface area (Å²) in [5, 5.41) is 9.03. The molecule has 0 fully saturated rings. The molecule has 23 heavy (non-hydrogen) atoms. The maximum atomic E-state index is 12.5. The van der Waals surface area contributed by atoms with E-state index in [0.717, 1.165) is 16.5 Å². The zero-order valence-corrected chi connectivity index (χ0v) is 14.3. The minimum absolute atomic E-state index is 0. The van der Waals surface area contributed by atoms with Gasteiger partial charge in [0.1, 0.15) is 4.90 Å². The highest BCUT2D eigenvalue weighted by molar-refractivity contribution is 7.92. The SMILES string of the molecule is CC(C)c1cccc2c(NS(=O)(=O)c3cnn(C)c3)nn(C)c12.[HH]. The van der Waals surface area contributed by atoms with Crippen LogP contribution in [0.3, 0.4) is 0 Å². The van der Waals surface area contributed by atoms with E-state index in [9.17, 15) is 8.42 Å². The van der Waals surface area contributed by atoms with Crippen LogP contribution in [0, 0.1) is 0 Å². The third kappa shape index (κ3) is 2.70. The Morgan fingerprint density at radius 1 is 1.26 bits per heavy atom. The van der Waals surface area contributed by atoms with Gasteiger partial charge >= 0.3 is 0 Å². The van der Waals surface area contributed by atoms with E-state index >= 15 is 0 Å². The summed E-state index contributed by atoms with van der Waals surface area (Å²) in [5.41, 5.74) is 2.07. The number of nitrogens with zero attached hydrogens (tertiary/aromatic N) is 4. The summed E-state index contributed by atoms with van der Waals surface area (Å²) >= 11 is 0. The molecule has 0 radical (unpaired) electrons. The number of aromatic nitrogens is 4. The molecule has 3 rings (SSSR count). The summed E-state index contributed by atoms with van der Waals surface area (Å²) in [4.78, 5) is 0.110. The van der Waals surface area contributed by atoms with Crippen LogP contribution in [0.4, 0.5) is 5.82 Å². The topological polar surface area (TPSA) is 81.8 Å². The lowest BCUT2D eigenvalue weighted by Gasteiger charge is -2.08. The molecule has 2 heterocycles. The number of rotatable bonds is 4. The van der Waals surface area contributed by atoms with E-state index in [4.69, 9.17) is 0 Å². The third-order valence-corrected chi connectivity index (χ3v) is 5.03. The van der Waals surface area contributed by atoms with E-state index in [1.165, 1.54) is 17.1 Å². The van der Waals surface area contributed by atoms with Crippen molar-refractivity contribution in [2.75, 3.05) is 4.72 Å². The predicted molar refractivity (Wildman–Crippen MR) is 90.9 cm³/mol. The zero-order chi connectivity index (χ0) is 16.8. The molecule has 0 aliphatic heterocycles. The van der Waals surface area contributed by atoms with E-state index in [0.29, 0.717) is 11.7 Å². The maximum Gasteiger partial charge on any atom is 0.266 e. The van der Waals surface area contributed by atoms with Crippen LogP contribution in [0.25, 0.3) is 10.9 Å². The molecular weight excluding hydrogens is 314 g/mol. The summed E-state index contributed by atoms with van der Waals surface area (Å²) in [5.74, 6) is 0.644. The normalized spacial score (nSPS) is 12.2. The van der Waals surface area contributed by atoms with Gasteiger partial charge < -0.3 is 0 Å². The number of hydrogen-bond donors (Lipinski definition) is 1. The maximum absolute atomic E-state index is 12.5. The van der Waals surface area contributed by atoms with Gasteiger partial charge in [-0.2, -0.15) is 10.2 Å². The first-order valence-corrected chi connectivity index (χ1v) is 8.75. The summed E-state index contributed by atoms with van der Waals surface area (Å²) in [6.45, 7) is 4.20. The van der Waals surface area contributed by atoms with E-state index < -0.39 is 10.0 Å². The Morgan fingerprint density at radius 3 is 2.61 bits per heavy atom. The van der Waals surface area contributed by atoms with Crippen molar-refractivity contribution in [3.63, 3.8) is 0 Å². The molecule has 0 atom stereocenters. The highest BCUT2D eigenvalue weighted by Crippen LogP contribution is 2.30. The van der Waals surface area contributed by atoms with Gasteiger partial charge in [0.25, 0.3) is 10.0 Å². The number of sulfonamides is 1. The molecule has 0 aliphatic carbocycles. The first kappa shape index (κ1) is 15.5. The van der Waals surface area contributed by atoms with Crippen molar-refractivity contribution in [3.05, 3.63) is 36.2 Å². The van der Waals surface area contributed by atoms with Crippen molar-refractivity contribution < 1.29 is 9.84 Å². The first-order chi connectivity index (χ1) is 10.8. The van der Waals surface area contributed by atoms with Crippen molar-refractivity contribution in [2.24, 2.45) is 14.1 Å². The molecule has 2 aromatic heterocycles. The van der Waals surface area contributed by atoms with Crippen LogP contribution in [-0.2, 0) is 24.1 Å². The Morgan fingerprint density at radius 2 is 2.00 bits per heavy atom. The smallest absolute Gasteiger partial charge is 0.266 e. The molecule has 0 aliphatic rings. The highest BCUT2D eigenvalue weighted by atomic mass is 32.2. The van der Waals surface area contributed by atoms with E-state index in [-0.39, 0.29) is 6.32 Å². The van der Waals surface area contributed by atoms with Gasteiger partial charge in [0.15, 0.2) is 5.82 Å². The molecule has 0 saturated carbocycles. The number of hydrogen-bond acceptors (Lipinski definition) is 4. The van der Waals surface area contributed by atoms with E-state index in [1.807, 2.05) is 25.2 Å². The van der Waals surface area contributed by atoms with Crippen molar-refractivity contribution in [1.29, 1.82) is 0 Å². The molecule has 124 valence electrons. The lowest BCUT2D eigenvalue weighted by molar-refractivity contribution is 0.600. The predicted octanol–water partition coefficient (Wildman–Crippen LogP) is 2.48. The second kappa shape index (κ2) is 5.38. The van der Waals surface area contributed by atoms with Gasteiger partial charge in [0.05, 0.1) is 11.7 Å². The molecule has 0 saturated heterocycles. The van der Waals surface area contributed by atoms with Crippen LogP contribution < -0.4 is 4.72 Å². The van der Waals surface area contributed by atoms with Gasteiger partial charge in [0, 0.05) is 27.1 Å². The molecule has 7 nitrogen and oxygen atoms in total. The lowest BCUT2D eigenvalue weighted by Crippen LogP contribution is -2.13. The Bertz CT molecular complexity index is 975. The average molecular weight is 335 g/mol. The standard InChI is InChI=1S/C15H19N5O2S.H2/c1-10(2)12-6-5-7-13-14(12)20(4)17-15(13)18-23(21,22)11-8-16-19(3)9-11;/h5-10H,1-4H3,(H,17,18);1H. The highest BCUT2D eigenvalue weighted by Gasteiger charge is 2.21. The number of anilines is 1. The fourth-order valence-electron chi connectivity index (χ4n) is 2.63. The second-order valence-corrected chi connectivity index (χ2v) is 7.51. The van der Waals surface area contributed by atoms with Crippen molar-refractivity contribution >= 4 is 26.7 Å². The molecule has 1 N–H and O–H groups in total. The van der Waals surface area contributed by atoms with Gasteiger partial charge in [-0.15, -0.1) is 0 Å². The Balaban J connectivity index is 0.00000208. The Labute approximate surface area is 136 Å². The summed E-state index contributed by atoms with van der Waals surface area (Å²) in [6.07, 6.45) is 2.76. The molecule has 0 spiro atoms. The second-order valence-electron chi connectivity index (χ2n) is 5.83. The van der Waals surface area contributed by atoms with Crippen molar-refractivity contribution in [2.45, 2.75) is 24.7 Å². The fourth-order valence-corrected chi connectivity index (χ4v) is 3.63. The van der Waals surface area contributed by atoms with Gasteiger partial charge in [-0.1, -0.05) is 26.0 Å². The summed E-state index contributed by atoms with van der Waals surface area (Å²) in [6, 6.07) is 5.82. The van der Waals surface area contributed by atoms with Crippen LogP contribution >= 0.6 is 0 Å². The number of aryl methyl sites for hydroxylation is 2. The minimum atomic E-state index is -3.71. The quantitative estimate of drug-likeness (QED) is 0.794. The molecule has 0 amide bonds. The molecular formula is C15H21N5O2S. The van der Waals surface area contributed by atoms with Crippen LogP contribution in [0.2, 0.25) is 0 Å². The van der Waals surface area contributed by atoms with Crippen LogP contribution in [0.1, 0.15) is 26.8 Å². The number of benzene rings is 1. The van der Waals surface area contributed by atoms with Gasteiger partial charge in [-0.25, -0.2) is 8.42 Å². The molecule has 8 heteroatoms. The molecule has 3 aromatic rings. The van der Waals surface area contributed by atoms with Gasteiger partial charge in [0.2, 0.25) is 0 Å². The van der Waals surface area contributed by atoms with E-state index in [2.05, 4.69) is 28.8 Å². The zero-order valence-electron chi connectivity index (χ0n) is 13.5. The van der Waals surface area contributed by atoms with Crippen LogP contribution in [0.5, 0.6) is 0 Å². The first-order valence-electron chi connectivity index (χ1n) is 7.26. The van der Waals surface area contributed by atoms with Crippen molar-refractivity contribution in [3.8, 4) is 0 Å². The Kier molecular flexibility index (Phi) is 3.63. The number of nitrogens with one attached hydrogen (secondary N) is 1. The average Bonchev–Trinajstić information content (AvgIpc) is 3.04. The van der Waals surface area contributed by atoms with Crippen molar-refractivity contribution in [1.82, 2.24) is 19.6 Å². The summed E-state index contributed by atoms with van der Waals surface area (Å²) < 4.78 is 30.7. The van der Waals surface area contributed by atoms with Gasteiger partial charge in [-0.05, 0) is 17.5 Å². The Hall–Kier alpha value is -2.35. The fraction of sp³-hybridized carbons (Fsp3) is 0.333. The number of para-hydroxylation sites is 1. The van der Waals surface area contributed by atoms with E-state index in [1.54, 1.807) is 11.7 Å². The van der Waals surface area contributed by atoms with Crippen LogP contribution in [-0.4, -0.2) is 28.0 Å². The number of fused-ring (bicyclic) bond motifs is 1. The minimum Gasteiger partial charge on any atom is -0.274 e. The van der Waals surface area contributed by atoms with Gasteiger partial charge in [-0.3, -0.25) is 14.1 Å².